The van der Waals surface area contributed by atoms with Crippen molar-refractivity contribution in [3.8, 4) is 0 Å². The number of unbranched alkanes of at least 4 members (excludes halogenated alkanes) is 2. The second-order valence-corrected chi connectivity index (χ2v) is 4.34. The SMILES string of the molecule is O=C(O)CC1CCN(CCCCCO)C1. The maximum Gasteiger partial charge on any atom is 0.303 e. The Morgan fingerprint density at radius 1 is 1.33 bits per heavy atom. The van der Waals surface area contributed by atoms with Gasteiger partial charge in [0.15, 0.2) is 0 Å². The van der Waals surface area contributed by atoms with E-state index in [9.17, 15) is 4.79 Å². The molecule has 0 aliphatic carbocycles. The van der Waals surface area contributed by atoms with Gasteiger partial charge < -0.3 is 15.1 Å². The highest BCUT2D eigenvalue weighted by molar-refractivity contribution is 5.67. The number of aliphatic hydroxyl groups is 1. The van der Waals surface area contributed by atoms with Gasteiger partial charge in [-0.05, 0) is 44.7 Å². The van der Waals surface area contributed by atoms with E-state index in [0.717, 1.165) is 45.3 Å². The Morgan fingerprint density at radius 2 is 2.13 bits per heavy atom. The fourth-order valence-corrected chi connectivity index (χ4v) is 2.15. The van der Waals surface area contributed by atoms with Gasteiger partial charge in [-0.2, -0.15) is 0 Å². The van der Waals surface area contributed by atoms with Crippen LogP contribution in [0, 0.1) is 5.92 Å². The molecule has 0 aromatic rings. The van der Waals surface area contributed by atoms with Crippen LogP contribution >= 0.6 is 0 Å². The number of carboxylic acids is 1. The lowest BCUT2D eigenvalue weighted by Crippen LogP contribution is -2.22. The zero-order valence-corrected chi connectivity index (χ0v) is 9.19. The Morgan fingerprint density at radius 3 is 2.80 bits per heavy atom. The molecule has 1 fully saturated rings. The molecule has 1 aliphatic heterocycles. The molecule has 15 heavy (non-hydrogen) atoms. The third-order valence-electron chi connectivity index (χ3n) is 2.97. The highest BCUT2D eigenvalue weighted by Gasteiger charge is 2.23. The average molecular weight is 215 g/mol. The first-order valence-corrected chi connectivity index (χ1v) is 5.77. The van der Waals surface area contributed by atoms with E-state index < -0.39 is 5.97 Å². The summed E-state index contributed by atoms with van der Waals surface area (Å²) in [6.45, 7) is 3.31. The van der Waals surface area contributed by atoms with Crippen LogP contribution in [0.3, 0.4) is 0 Å². The van der Waals surface area contributed by atoms with Crippen LogP contribution in [0.1, 0.15) is 32.1 Å². The van der Waals surface area contributed by atoms with E-state index in [0.29, 0.717) is 12.3 Å². The Kier molecular flexibility index (Phi) is 5.65. The number of likely N-dealkylation sites (tertiary alicyclic amines) is 1. The summed E-state index contributed by atoms with van der Waals surface area (Å²) in [4.78, 5) is 12.9. The minimum absolute atomic E-state index is 0.279. The number of aliphatic hydroxyl groups excluding tert-OH is 1. The van der Waals surface area contributed by atoms with Gasteiger partial charge in [0.25, 0.3) is 0 Å². The van der Waals surface area contributed by atoms with Crippen molar-refractivity contribution in [1.29, 1.82) is 0 Å². The number of hydrogen-bond donors (Lipinski definition) is 2. The molecule has 0 aromatic carbocycles. The number of carboxylic acid groups (broad SMARTS) is 1. The first-order chi connectivity index (χ1) is 7.22. The third-order valence-corrected chi connectivity index (χ3v) is 2.97. The minimum atomic E-state index is -0.679. The standard InChI is InChI=1S/C11H21NO3/c13-7-3-1-2-5-12-6-4-10(9-12)8-11(14)15/h10,13H,1-9H2,(H,14,15). The summed E-state index contributed by atoms with van der Waals surface area (Å²) in [5.41, 5.74) is 0. The van der Waals surface area contributed by atoms with E-state index in [1.807, 2.05) is 0 Å². The predicted octanol–water partition coefficient (Wildman–Crippen LogP) is 0.946. The molecule has 1 saturated heterocycles. The van der Waals surface area contributed by atoms with E-state index in [4.69, 9.17) is 10.2 Å². The summed E-state index contributed by atoms with van der Waals surface area (Å²) >= 11 is 0. The monoisotopic (exact) mass is 215 g/mol. The normalized spacial score (nSPS) is 22.1. The average Bonchev–Trinajstić information content (AvgIpc) is 2.59. The molecule has 4 heteroatoms. The van der Waals surface area contributed by atoms with Crippen LogP contribution in [0.15, 0.2) is 0 Å². The van der Waals surface area contributed by atoms with Gasteiger partial charge in [-0.3, -0.25) is 4.79 Å². The Hall–Kier alpha value is -0.610. The van der Waals surface area contributed by atoms with Crippen LogP contribution in [0.5, 0.6) is 0 Å². The molecule has 1 unspecified atom stereocenters. The van der Waals surface area contributed by atoms with Gasteiger partial charge in [0, 0.05) is 19.6 Å². The summed E-state index contributed by atoms with van der Waals surface area (Å²) in [6, 6.07) is 0. The van der Waals surface area contributed by atoms with Gasteiger partial charge in [-0.1, -0.05) is 0 Å². The van der Waals surface area contributed by atoms with Crippen molar-refractivity contribution in [3.63, 3.8) is 0 Å². The van der Waals surface area contributed by atoms with E-state index >= 15 is 0 Å². The van der Waals surface area contributed by atoms with E-state index in [2.05, 4.69) is 4.90 Å². The van der Waals surface area contributed by atoms with E-state index in [1.54, 1.807) is 0 Å². The molecule has 1 rings (SSSR count). The van der Waals surface area contributed by atoms with E-state index in [1.165, 1.54) is 0 Å². The molecule has 2 N–H and O–H groups in total. The van der Waals surface area contributed by atoms with Gasteiger partial charge >= 0.3 is 5.97 Å². The Bertz CT molecular complexity index is 196. The van der Waals surface area contributed by atoms with Crippen molar-refractivity contribution in [3.05, 3.63) is 0 Å². The Labute approximate surface area is 90.9 Å². The zero-order valence-electron chi connectivity index (χ0n) is 9.19. The topological polar surface area (TPSA) is 60.8 Å². The van der Waals surface area contributed by atoms with Crippen molar-refractivity contribution in [2.24, 2.45) is 5.92 Å². The first kappa shape index (κ1) is 12.5. The van der Waals surface area contributed by atoms with Crippen LogP contribution in [-0.2, 0) is 4.79 Å². The fraction of sp³-hybridized carbons (Fsp3) is 0.909. The van der Waals surface area contributed by atoms with Gasteiger partial charge in [-0.15, -0.1) is 0 Å². The largest absolute Gasteiger partial charge is 0.481 e. The molecule has 0 bridgehead atoms. The summed E-state index contributed by atoms with van der Waals surface area (Å²) in [7, 11) is 0. The van der Waals surface area contributed by atoms with Crippen LogP contribution in [0.25, 0.3) is 0 Å². The van der Waals surface area contributed by atoms with E-state index in [-0.39, 0.29) is 6.61 Å². The second kappa shape index (κ2) is 6.80. The second-order valence-electron chi connectivity index (χ2n) is 4.34. The summed E-state index contributed by atoms with van der Waals surface area (Å²) in [5, 5.41) is 17.3. The number of carbonyl (C=O) groups is 1. The minimum Gasteiger partial charge on any atom is -0.481 e. The molecule has 88 valence electrons. The zero-order chi connectivity index (χ0) is 11.1. The van der Waals surface area contributed by atoms with Crippen LogP contribution < -0.4 is 0 Å². The molecular weight excluding hydrogens is 194 g/mol. The molecule has 4 nitrogen and oxygen atoms in total. The molecule has 0 spiro atoms. The number of nitrogens with zero attached hydrogens (tertiary/aromatic N) is 1. The Balaban J connectivity index is 2.05. The lowest BCUT2D eigenvalue weighted by molar-refractivity contribution is -0.138. The molecule has 0 radical (unpaired) electrons. The van der Waals surface area contributed by atoms with Crippen molar-refractivity contribution in [2.45, 2.75) is 32.1 Å². The molecule has 1 aliphatic rings. The van der Waals surface area contributed by atoms with Crippen molar-refractivity contribution < 1.29 is 15.0 Å². The highest BCUT2D eigenvalue weighted by atomic mass is 16.4. The molecular formula is C11H21NO3. The van der Waals surface area contributed by atoms with Gasteiger partial charge in [0.2, 0.25) is 0 Å². The van der Waals surface area contributed by atoms with Crippen molar-refractivity contribution in [2.75, 3.05) is 26.2 Å². The van der Waals surface area contributed by atoms with Gasteiger partial charge in [-0.25, -0.2) is 0 Å². The molecule has 1 heterocycles. The molecule has 1 atom stereocenters. The van der Waals surface area contributed by atoms with Crippen LogP contribution in [0.4, 0.5) is 0 Å². The van der Waals surface area contributed by atoms with Crippen LogP contribution in [0.2, 0.25) is 0 Å². The summed E-state index contributed by atoms with van der Waals surface area (Å²) in [5.74, 6) is -0.331. The molecule has 0 amide bonds. The lowest BCUT2D eigenvalue weighted by Gasteiger charge is -2.14. The fourth-order valence-electron chi connectivity index (χ4n) is 2.15. The predicted molar refractivity (Wildman–Crippen MR) is 57.7 cm³/mol. The van der Waals surface area contributed by atoms with Gasteiger partial charge in [0.05, 0.1) is 0 Å². The number of rotatable bonds is 7. The number of aliphatic carboxylic acids is 1. The molecule has 0 aromatic heterocycles. The summed E-state index contributed by atoms with van der Waals surface area (Å²) in [6.07, 6.45) is 4.39. The maximum atomic E-state index is 10.5. The maximum absolute atomic E-state index is 10.5. The summed E-state index contributed by atoms with van der Waals surface area (Å²) < 4.78 is 0. The number of hydrogen-bond acceptors (Lipinski definition) is 3. The quantitative estimate of drug-likeness (QED) is 0.621. The molecule has 0 saturated carbocycles. The van der Waals surface area contributed by atoms with Crippen LogP contribution in [-0.4, -0.2) is 47.3 Å². The highest BCUT2D eigenvalue weighted by Crippen LogP contribution is 2.19. The lowest BCUT2D eigenvalue weighted by atomic mass is 10.1. The third kappa shape index (κ3) is 5.14. The van der Waals surface area contributed by atoms with Crippen molar-refractivity contribution in [1.82, 2.24) is 4.90 Å². The van der Waals surface area contributed by atoms with Crippen molar-refractivity contribution >= 4 is 5.97 Å². The van der Waals surface area contributed by atoms with Gasteiger partial charge in [0.1, 0.15) is 0 Å². The first-order valence-electron chi connectivity index (χ1n) is 5.77. The smallest absolute Gasteiger partial charge is 0.303 e.